The predicted octanol–water partition coefficient (Wildman–Crippen LogP) is -5.91. The average Bonchev–Trinajstić information content (AvgIpc) is 2.74. The minimum absolute atomic E-state index is 0.365. The quantitative estimate of drug-likeness (QED) is 0.187. The summed E-state index contributed by atoms with van der Waals surface area (Å²) in [5.74, 6) is 0. The van der Waals surface area contributed by atoms with Gasteiger partial charge in [0.05, 0.1) is 19.3 Å². The van der Waals surface area contributed by atoms with Crippen molar-refractivity contribution in [2.45, 2.75) is 92.9 Å². The maximum Gasteiger partial charge on any atom is 0.187 e. The van der Waals surface area contributed by atoms with Crippen molar-refractivity contribution < 1.29 is 69.6 Å². The van der Waals surface area contributed by atoms with Gasteiger partial charge in [0.25, 0.3) is 0 Å². The number of ether oxygens (including phenoxy) is 5. The van der Waals surface area contributed by atoms with Crippen LogP contribution >= 0.6 is 0 Å². The zero-order valence-electron chi connectivity index (χ0n) is 16.6. The third kappa shape index (κ3) is 5.02. The molecule has 3 fully saturated rings. The summed E-state index contributed by atoms with van der Waals surface area (Å²) in [6, 6.07) is 0. The van der Waals surface area contributed by atoms with Crippen LogP contribution in [0, 0.1) is 0 Å². The molecule has 0 radical (unpaired) electrons. The smallest absolute Gasteiger partial charge is 0.187 e. The zero-order valence-corrected chi connectivity index (χ0v) is 16.6. The van der Waals surface area contributed by atoms with Gasteiger partial charge in [-0.1, -0.05) is 0 Å². The van der Waals surface area contributed by atoms with E-state index in [4.69, 9.17) is 23.7 Å². The molecule has 0 amide bonds. The maximum absolute atomic E-state index is 10.5. The standard InChI is InChI=1S/C17H30O14/c1-4-13(8(21)10(23)15(26)28-4)30-17-12(25)9(22)14(6(2-18)29-17)31-16-11(24)7(20)5(19)3-27-16/h4-26H,2-3H2,1H3/t4-,5+,6-,7+,8+,9-,10-,11+,12+,13-,14+,15+,16+,17+/m0/s1. The summed E-state index contributed by atoms with van der Waals surface area (Å²) in [4.78, 5) is 0. The van der Waals surface area contributed by atoms with Crippen molar-refractivity contribution in [3.8, 4) is 0 Å². The summed E-state index contributed by atoms with van der Waals surface area (Å²) in [5.41, 5.74) is 0. The molecular weight excluding hydrogens is 428 g/mol. The van der Waals surface area contributed by atoms with E-state index in [1.54, 1.807) is 0 Å². The highest BCUT2D eigenvalue weighted by molar-refractivity contribution is 4.94. The molecule has 14 nitrogen and oxygen atoms in total. The molecule has 0 unspecified atom stereocenters. The predicted molar refractivity (Wildman–Crippen MR) is 93.8 cm³/mol. The molecule has 14 atom stereocenters. The Bertz CT molecular complexity index is 579. The van der Waals surface area contributed by atoms with Gasteiger partial charge in [-0.25, -0.2) is 0 Å². The molecule has 3 heterocycles. The SMILES string of the molecule is C[C@@H]1O[C@@H](O)[C@@H](O)[C@@H](O)[C@H]1O[C@H]1O[C@@H](CO)[C@@H](O[C@H]2OC[C@@H](O)[C@@H](O)[C@H]2O)[C@@H](O)[C@H]1O. The van der Waals surface area contributed by atoms with Crippen molar-refractivity contribution >= 4 is 0 Å². The Balaban J connectivity index is 1.68. The molecule has 3 aliphatic rings. The van der Waals surface area contributed by atoms with E-state index in [0.717, 1.165) is 0 Å². The molecule has 3 rings (SSSR count). The minimum atomic E-state index is -1.77. The first-order valence-corrected chi connectivity index (χ1v) is 9.85. The van der Waals surface area contributed by atoms with Crippen LogP contribution in [-0.2, 0) is 23.7 Å². The molecule has 0 aliphatic carbocycles. The zero-order chi connectivity index (χ0) is 23.0. The second kappa shape index (κ2) is 10.1. The van der Waals surface area contributed by atoms with E-state index in [1.165, 1.54) is 6.92 Å². The molecule has 3 aliphatic heterocycles. The van der Waals surface area contributed by atoms with Crippen LogP contribution in [0.4, 0.5) is 0 Å². The maximum atomic E-state index is 10.5. The summed E-state index contributed by atoms with van der Waals surface area (Å²) in [6.07, 6.45) is -21.1. The third-order valence-corrected chi connectivity index (χ3v) is 5.65. The minimum Gasteiger partial charge on any atom is -0.394 e. The third-order valence-electron chi connectivity index (χ3n) is 5.65. The molecule has 0 aromatic rings. The normalized spacial score (nSPS) is 54.0. The lowest BCUT2D eigenvalue weighted by atomic mass is 9.97. The van der Waals surface area contributed by atoms with E-state index in [-0.39, 0.29) is 6.61 Å². The molecule has 182 valence electrons. The number of rotatable bonds is 5. The molecule has 0 saturated carbocycles. The van der Waals surface area contributed by atoms with Gasteiger partial charge < -0.3 is 69.6 Å². The van der Waals surface area contributed by atoms with Crippen LogP contribution in [0.5, 0.6) is 0 Å². The van der Waals surface area contributed by atoms with E-state index < -0.39 is 92.6 Å². The van der Waals surface area contributed by atoms with Gasteiger partial charge in [-0.2, -0.15) is 0 Å². The molecule has 3 saturated heterocycles. The highest BCUT2D eigenvalue weighted by atomic mass is 16.7. The molecule has 9 N–H and O–H groups in total. The topological polar surface area (TPSA) is 228 Å². The van der Waals surface area contributed by atoms with E-state index in [9.17, 15) is 46.0 Å². The molecular formula is C17H30O14. The molecule has 0 bridgehead atoms. The summed E-state index contributed by atoms with van der Waals surface area (Å²) in [7, 11) is 0. The molecule has 14 heteroatoms. The first kappa shape index (κ1) is 25.1. The van der Waals surface area contributed by atoms with Crippen molar-refractivity contribution in [1.82, 2.24) is 0 Å². The van der Waals surface area contributed by atoms with Crippen LogP contribution in [0.3, 0.4) is 0 Å². The lowest BCUT2D eigenvalue weighted by molar-refractivity contribution is -0.370. The first-order valence-electron chi connectivity index (χ1n) is 9.85. The number of hydrogen-bond acceptors (Lipinski definition) is 14. The first-order chi connectivity index (χ1) is 14.6. The Morgan fingerprint density at radius 3 is 1.94 bits per heavy atom. The van der Waals surface area contributed by atoms with E-state index in [2.05, 4.69) is 0 Å². The van der Waals surface area contributed by atoms with Gasteiger partial charge in [0.2, 0.25) is 0 Å². The molecule has 0 aromatic heterocycles. The van der Waals surface area contributed by atoms with Gasteiger partial charge in [0.15, 0.2) is 18.9 Å². The second-order valence-electron chi connectivity index (χ2n) is 7.87. The van der Waals surface area contributed by atoms with Gasteiger partial charge in [-0.3, -0.25) is 0 Å². The Morgan fingerprint density at radius 2 is 1.29 bits per heavy atom. The van der Waals surface area contributed by atoms with Crippen LogP contribution in [0.2, 0.25) is 0 Å². The van der Waals surface area contributed by atoms with Crippen LogP contribution in [0.25, 0.3) is 0 Å². The summed E-state index contributed by atoms with van der Waals surface area (Å²) < 4.78 is 26.5. The van der Waals surface area contributed by atoms with Gasteiger partial charge in [0.1, 0.15) is 61.0 Å². The summed E-state index contributed by atoms with van der Waals surface area (Å²) in [5, 5.41) is 89.4. The van der Waals surface area contributed by atoms with Crippen molar-refractivity contribution in [2.75, 3.05) is 13.2 Å². The van der Waals surface area contributed by atoms with Crippen molar-refractivity contribution in [3.63, 3.8) is 0 Å². The van der Waals surface area contributed by atoms with Crippen molar-refractivity contribution in [3.05, 3.63) is 0 Å². The van der Waals surface area contributed by atoms with Crippen LogP contribution in [0.1, 0.15) is 6.92 Å². The van der Waals surface area contributed by atoms with Crippen molar-refractivity contribution in [2.24, 2.45) is 0 Å². The molecule has 0 spiro atoms. The Morgan fingerprint density at radius 1 is 0.710 bits per heavy atom. The van der Waals surface area contributed by atoms with Gasteiger partial charge in [-0.05, 0) is 6.92 Å². The van der Waals surface area contributed by atoms with Gasteiger partial charge in [0, 0.05) is 0 Å². The highest BCUT2D eigenvalue weighted by Crippen LogP contribution is 2.31. The van der Waals surface area contributed by atoms with E-state index in [1.807, 2.05) is 0 Å². The molecule has 0 aromatic carbocycles. The van der Waals surface area contributed by atoms with Crippen LogP contribution in [0.15, 0.2) is 0 Å². The number of aliphatic hydroxyl groups excluding tert-OH is 9. The number of aliphatic hydroxyl groups is 9. The lowest BCUT2D eigenvalue weighted by Gasteiger charge is -2.47. The molecule has 31 heavy (non-hydrogen) atoms. The van der Waals surface area contributed by atoms with Gasteiger partial charge in [-0.15, -0.1) is 0 Å². The van der Waals surface area contributed by atoms with Crippen LogP contribution in [-0.4, -0.2) is 145 Å². The lowest BCUT2D eigenvalue weighted by Crippen LogP contribution is -2.65. The number of hydrogen-bond donors (Lipinski definition) is 9. The largest absolute Gasteiger partial charge is 0.394 e. The highest BCUT2D eigenvalue weighted by Gasteiger charge is 2.51. The Labute approximate surface area is 176 Å². The fraction of sp³-hybridized carbons (Fsp3) is 1.00. The summed E-state index contributed by atoms with van der Waals surface area (Å²) in [6.45, 7) is 0.352. The van der Waals surface area contributed by atoms with Crippen molar-refractivity contribution in [1.29, 1.82) is 0 Å². The van der Waals surface area contributed by atoms with E-state index >= 15 is 0 Å². The summed E-state index contributed by atoms with van der Waals surface area (Å²) >= 11 is 0. The van der Waals surface area contributed by atoms with Gasteiger partial charge >= 0.3 is 0 Å². The fourth-order valence-corrected chi connectivity index (χ4v) is 3.75. The monoisotopic (exact) mass is 458 g/mol. The second-order valence-corrected chi connectivity index (χ2v) is 7.87. The average molecular weight is 458 g/mol. The van der Waals surface area contributed by atoms with E-state index in [0.29, 0.717) is 0 Å². The Kier molecular flexibility index (Phi) is 8.21. The Hall–Kier alpha value is -0.560. The fourth-order valence-electron chi connectivity index (χ4n) is 3.75. The van der Waals surface area contributed by atoms with Crippen LogP contribution < -0.4 is 0 Å².